The molecule has 0 aromatic rings. The van der Waals surface area contributed by atoms with Gasteiger partial charge >= 0.3 is 5.97 Å². The molecule has 15 heavy (non-hydrogen) atoms. The molecule has 6 nitrogen and oxygen atoms in total. The molecule has 0 rings (SSSR count). The Morgan fingerprint density at radius 1 is 1.27 bits per heavy atom. The number of halogens is 3. The average Bonchev–Trinajstić information content (AvgIpc) is 1.97. The normalized spacial score (nSPS) is 9.67. The first-order chi connectivity index (χ1) is 5.54. The number of aliphatic carboxylic acids is 1. The quantitative estimate of drug-likeness (QED) is 0.313. The zero-order valence-corrected chi connectivity index (χ0v) is 10.4. The van der Waals surface area contributed by atoms with E-state index >= 15 is 0 Å². The largest absolute Gasteiger partial charge is 0.480 e. The number of hydrogen-bond acceptors (Lipinski definition) is 3. The van der Waals surface area contributed by atoms with Gasteiger partial charge in [-0.3, -0.25) is 9.79 Å². The predicted octanol–water partition coefficient (Wildman–Crippen LogP) is -0.283. The molecule has 0 aliphatic heterocycles. The van der Waals surface area contributed by atoms with Crippen LogP contribution < -0.4 is 17.2 Å². The molecule has 0 aromatic heterocycles. The van der Waals surface area contributed by atoms with Gasteiger partial charge in [-0.05, 0) is 12.8 Å². The minimum atomic E-state index is -1.00. The molecule has 0 bridgehead atoms. The number of nitrogens with two attached hydrogens (primary N) is 3. The maximum Gasteiger partial charge on any atom is 0.320 e. The monoisotopic (exact) mass is 282 g/mol. The lowest BCUT2D eigenvalue weighted by atomic mass is 10.2. The van der Waals surface area contributed by atoms with Crippen LogP contribution in [-0.4, -0.2) is 29.6 Å². The third kappa shape index (κ3) is 16.3. The number of carbonyl (C=O) groups is 1. The fraction of sp³-hybridized carbons (Fsp3) is 0.667. The van der Waals surface area contributed by atoms with Crippen molar-refractivity contribution in [2.45, 2.75) is 18.9 Å². The van der Waals surface area contributed by atoms with Crippen molar-refractivity contribution in [1.82, 2.24) is 0 Å². The summed E-state index contributed by atoms with van der Waals surface area (Å²) in [4.78, 5) is 13.9. The molecule has 94 valence electrons. The minimum absolute atomic E-state index is 0. The molecule has 0 spiro atoms. The van der Waals surface area contributed by atoms with E-state index in [1.807, 2.05) is 0 Å². The third-order valence-electron chi connectivity index (χ3n) is 1.28. The van der Waals surface area contributed by atoms with Gasteiger partial charge in [-0.25, -0.2) is 0 Å². The van der Waals surface area contributed by atoms with E-state index in [-0.39, 0.29) is 43.2 Å². The van der Waals surface area contributed by atoms with Crippen LogP contribution in [0.1, 0.15) is 12.8 Å². The first kappa shape index (κ1) is 24.0. The maximum absolute atomic E-state index is 10.2. The highest BCUT2D eigenvalue weighted by Gasteiger charge is 2.09. The first-order valence-corrected chi connectivity index (χ1v) is 3.58. The number of aliphatic imine (C=N–C) groups is 1. The highest BCUT2D eigenvalue weighted by Crippen LogP contribution is 1.94. The molecule has 9 heteroatoms. The Morgan fingerprint density at radius 3 is 2.07 bits per heavy atom. The molecular formula is C6H17Cl3N4O2. The summed E-state index contributed by atoms with van der Waals surface area (Å²) in [5, 5.41) is 8.38. The van der Waals surface area contributed by atoms with Crippen LogP contribution >= 0.6 is 37.2 Å². The van der Waals surface area contributed by atoms with Crippen molar-refractivity contribution in [2.75, 3.05) is 6.54 Å². The lowest BCUT2D eigenvalue weighted by Gasteiger charge is -2.03. The molecule has 0 amide bonds. The third-order valence-corrected chi connectivity index (χ3v) is 1.28. The summed E-state index contributed by atoms with van der Waals surface area (Å²) in [6, 6.07) is -0.820. The second-order valence-electron chi connectivity index (χ2n) is 2.39. The summed E-state index contributed by atoms with van der Waals surface area (Å²) in [5.41, 5.74) is 15.3. The molecule has 0 aromatic carbocycles. The minimum Gasteiger partial charge on any atom is -0.480 e. The van der Waals surface area contributed by atoms with Gasteiger partial charge in [0.1, 0.15) is 6.04 Å². The van der Waals surface area contributed by atoms with Crippen LogP contribution in [0.4, 0.5) is 0 Å². The number of rotatable bonds is 5. The molecule has 0 aliphatic rings. The molecule has 0 saturated heterocycles. The Balaban J connectivity index is -0.000000202. The van der Waals surface area contributed by atoms with Crippen molar-refractivity contribution in [2.24, 2.45) is 22.2 Å². The Bertz CT molecular complexity index is 187. The maximum atomic E-state index is 10.2. The summed E-state index contributed by atoms with van der Waals surface area (Å²) in [7, 11) is 0. The van der Waals surface area contributed by atoms with E-state index in [9.17, 15) is 4.79 Å². The van der Waals surface area contributed by atoms with Crippen molar-refractivity contribution in [3.05, 3.63) is 0 Å². The smallest absolute Gasteiger partial charge is 0.320 e. The number of carboxylic acids is 1. The highest BCUT2D eigenvalue weighted by atomic mass is 35.5. The van der Waals surface area contributed by atoms with Crippen LogP contribution in [0.2, 0.25) is 0 Å². The summed E-state index contributed by atoms with van der Waals surface area (Å²) < 4.78 is 0. The second kappa shape index (κ2) is 13.6. The molecule has 0 aliphatic carbocycles. The van der Waals surface area contributed by atoms with E-state index in [0.29, 0.717) is 19.4 Å². The van der Waals surface area contributed by atoms with E-state index in [2.05, 4.69) is 4.99 Å². The van der Waals surface area contributed by atoms with Crippen LogP contribution in [0.25, 0.3) is 0 Å². The van der Waals surface area contributed by atoms with Crippen LogP contribution in [0, 0.1) is 0 Å². The number of carboxylic acid groups (broad SMARTS) is 1. The molecule has 7 N–H and O–H groups in total. The summed E-state index contributed by atoms with van der Waals surface area (Å²) >= 11 is 0. The summed E-state index contributed by atoms with van der Waals surface area (Å²) in [6.45, 7) is 0.420. The first-order valence-electron chi connectivity index (χ1n) is 3.58. The van der Waals surface area contributed by atoms with Crippen molar-refractivity contribution < 1.29 is 9.90 Å². The molecule has 0 radical (unpaired) electrons. The topological polar surface area (TPSA) is 128 Å². The lowest BCUT2D eigenvalue weighted by molar-refractivity contribution is -0.138. The van der Waals surface area contributed by atoms with Gasteiger partial charge in [-0.15, -0.1) is 37.2 Å². The molecule has 0 saturated carbocycles. The molecule has 0 unspecified atom stereocenters. The average molecular weight is 284 g/mol. The fourth-order valence-corrected chi connectivity index (χ4v) is 0.643. The predicted molar refractivity (Wildman–Crippen MR) is 67.3 cm³/mol. The van der Waals surface area contributed by atoms with Crippen LogP contribution in [-0.2, 0) is 4.79 Å². The Morgan fingerprint density at radius 2 is 1.73 bits per heavy atom. The van der Waals surface area contributed by atoms with Gasteiger partial charge in [0.2, 0.25) is 0 Å². The number of guanidine groups is 1. The van der Waals surface area contributed by atoms with Gasteiger partial charge in [-0.2, -0.15) is 0 Å². The van der Waals surface area contributed by atoms with Gasteiger partial charge in [0, 0.05) is 6.54 Å². The Labute approximate surface area is 107 Å². The van der Waals surface area contributed by atoms with Gasteiger partial charge in [0.15, 0.2) is 5.96 Å². The van der Waals surface area contributed by atoms with Crippen LogP contribution in [0.5, 0.6) is 0 Å². The van der Waals surface area contributed by atoms with Gasteiger partial charge in [0.25, 0.3) is 0 Å². The standard InChI is InChI=1S/C6H14N4O2.3ClH/c7-4(5(11)12)2-1-3-10-6(8)9;;;/h4H,1-3,7H2,(H,11,12)(H4,8,9,10);3*1H/t4-;;;/m0.../s1. The van der Waals surface area contributed by atoms with E-state index in [0.717, 1.165) is 0 Å². The second-order valence-corrected chi connectivity index (χ2v) is 2.39. The van der Waals surface area contributed by atoms with Crippen molar-refractivity contribution >= 4 is 49.1 Å². The van der Waals surface area contributed by atoms with E-state index in [4.69, 9.17) is 22.3 Å². The zero-order chi connectivity index (χ0) is 9.56. The number of hydrogen-bond donors (Lipinski definition) is 4. The van der Waals surface area contributed by atoms with E-state index in [1.54, 1.807) is 0 Å². The molecule has 0 fully saturated rings. The highest BCUT2D eigenvalue weighted by molar-refractivity contribution is 5.86. The Kier molecular flexibility index (Phi) is 21.7. The molecular weight excluding hydrogens is 266 g/mol. The number of nitrogens with zero attached hydrogens (tertiary/aromatic N) is 1. The lowest BCUT2D eigenvalue weighted by Crippen LogP contribution is -2.30. The van der Waals surface area contributed by atoms with E-state index in [1.165, 1.54) is 0 Å². The molecule has 0 heterocycles. The van der Waals surface area contributed by atoms with Gasteiger partial charge in [0.05, 0.1) is 0 Å². The van der Waals surface area contributed by atoms with Crippen molar-refractivity contribution in [3.63, 3.8) is 0 Å². The van der Waals surface area contributed by atoms with Crippen LogP contribution in [0.15, 0.2) is 4.99 Å². The fourth-order valence-electron chi connectivity index (χ4n) is 0.643. The van der Waals surface area contributed by atoms with Crippen molar-refractivity contribution in [1.29, 1.82) is 0 Å². The zero-order valence-electron chi connectivity index (χ0n) is 7.96. The van der Waals surface area contributed by atoms with Crippen LogP contribution in [0.3, 0.4) is 0 Å². The summed E-state index contributed by atoms with van der Waals surface area (Å²) in [6.07, 6.45) is 0.956. The van der Waals surface area contributed by atoms with Gasteiger partial charge < -0.3 is 22.3 Å². The van der Waals surface area contributed by atoms with Gasteiger partial charge in [-0.1, -0.05) is 0 Å². The SMILES string of the molecule is Cl.Cl.Cl.NC(N)=NCCC[C@H](N)C(=O)O. The summed E-state index contributed by atoms with van der Waals surface area (Å²) in [5.74, 6) is -0.987. The Hall–Kier alpha value is -0.430. The molecule has 1 atom stereocenters. The van der Waals surface area contributed by atoms with E-state index < -0.39 is 12.0 Å². The van der Waals surface area contributed by atoms with Crippen molar-refractivity contribution in [3.8, 4) is 0 Å².